The summed E-state index contributed by atoms with van der Waals surface area (Å²) in [5, 5.41) is 3.74. The van der Waals surface area contributed by atoms with E-state index < -0.39 is 0 Å². The molecule has 1 saturated heterocycles. The molecule has 0 aromatic carbocycles. The standard InChI is InChI=1S/C16H21N3O2S/c20-14(18-16-17-12-2-1-3-13(12)22-16)10-6-8-19(9-7-10)15(21)11-4-5-11/h10-11H,1-9H2,(H,17,18,20). The van der Waals surface area contributed by atoms with E-state index in [2.05, 4.69) is 10.3 Å². The zero-order valence-electron chi connectivity index (χ0n) is 12.6. The largest absolute Gasteiger partial charge is 0.342 e. The first kappa shape index (κ1) is 14.2. The van der Waals surface area contributed by atoms with Crippen LogP contribution in [-0.4, -0.2) is 34.8 Å². The third-order valence-electron chi connectivity index (χ3n) is 4.93. The monoisotopic (exact) mass is 319 g/mol. The molecular weight excluding hydrogens is 298 g/mol. The van der Waals surface area contributed by atoms with Crippen LogP contribution in [0.25, 0.3) is 0 Å². The normalized spacial score (nSPS) is 21.7. The van der Waals surface area contributed by atoms with Crippen LogP contribution >= 0.6 is 11.3 Å². The summed E-state index contributed by atoms with van der Waals surface area (Å²) in [5.74, 6) is 0.672. The second-order valence-electron chi connectivity index (χ2n) is 6.61. The number of amides is 2. The van der Waals surface area contributed by atoms with Crippen LogP contribution in [0.15, 0.2) is 0 Å². The van der Waals surface area contributed by atoms with Gasteiger partial charge < -0.3 is 10.2 Å². The molecule has 0 spiro atoms. The van der Waals surface area contributed by atoms with Gasteiger partial charge in [0.15, 0.2) is 5.13 Å². The van der Waals surface area contributed by atoms with Crippen LogP contribution in [0.1, 0.15) is 42.7 Å². The topological polar surface area (TPSA) is 62.3 Å². The lowest BCUT2D eigenvalue weighted by molar-refractivity contribution is -0.135. The van der Waals surface area contributed by atoms with Crippen LogP contribution in [0, 0.1) is 11.8 Å². The van der Waals surface area contributed by atoms with Crippen LogP contribution < -0.4 is 5.32 Å². The third kappa shape index (κ3) is 2.76. The summed E-state index contributed by atoms with van der Waals surface area (Å²) in [6, 6.07) is 0. The molecule has 6 heteroatoms. The molecule has 22 heavy (non-hydrogen) atoms. The first-order valence-corrected chi connectivity index (χ1v) is 9.10. The van der Waals surface area contributed by atoms with Gasteiger partial charge in [0.1, 0.15) is 0 Å². The Morgan fingerprint density at radius 3 is 2.55 bits per heavy atom. The number of carbonyl (C=O) groups excluding carboxylic acids is 2. The smallest absolute Gasteiger partial charge is 0.229 e. The molecule has 2 fully saturated rings. The van der Waals surface area contributed by atoms with Gasteiger partial charge in [0.25, 0.3) is 0 Å². The Bertz CT molecular complexity index is 579. The summed E-state index contributed by atoms with van der Waals surface area (Å²) in [4.78, 5) is 32.2. The fourth-order valence-corrected chi connectivity index (χ4v) is 4.45. The molecule has 1 aromatic rings. The molecule has 0 atom stereocenters. The molecule has 3 aliphatic rings. The average molecular weight is 319 g/mol. The number of aryl methyl sites for hydroxylation is 2. The number of likely N-dealkylation sites (tertiary alicyclic amines) is 1. The van der Waals surface area contributed by atoms with Crippen molar-refractivity contribution in [2.75, 3.05) is 18.4 Å². The predicted octanol–water partition coefficient (Wildman–Crippen LogP) is 2.22. The van der Waals surface area contributed by atoms with Crippen molar-refractivity contribution in [3.63, 3.8) is 0 Å². The van der Waals surface area contributed by atoms with E-state index in [0.717, 1.165) is 56.7 Å². The number of hydrogen-bond acceptors (Lipinski definition) is 4. The van der Waals surface area contributed by atoms with Gasteiger partial charge in [0.2, 0.25) is 11.8 Å². The fraction of sp³-hybridized carbons (Fsp3) is 0.688. The lowest BCUT2D eigenvalue weighted by Gasteiger charge is -2.31. The van der Waals surface area contributed by atoms with Crippen LogP contribution in [0.5, 0.6) is 0 Å². The molecule has 2 amide bonds. The van der Waals surface area contributed by atoms with Crippen molar-refractivity contribution in [1.29, 1.82) is 0 Å². The predicted molar refractivity (Wildman–Crippen MR) is 84.8 cm³/mol. The summed E-state index contributed by atoms with van der Waals surface area (Å²) in [6.07, 6.45) is 6.98. The van der Waals surface area contributed by atoms with Crippen molar-refractivity contribution in [2.24, 2.45) is 11.8 Å². The molecule has 0 radical (unpaired) electrons. The minimum absolute atomic E-state index is 0.0157. The Labute approximate surface area is 134 Å². The number of thiazole rings is 1. The Morgan fingerprint density at radius 2 is 1.86 bits per heavy atom. The van der Waals surface area contributed by atoms with Crippen molar-refractivity contribution >= 4 is 28.3 Å². The second kappa shape index (κ2) is 5.65. The van der Waals surface area contributed by atoms with E-state index in [1.807, 2.05) is 4.90 Å². The number of rotatable bonds is 3. The van der Waals surface area contributed by atoms with Gasteiger partial charge in [0.05, 0.1) is 5.69 Å². The summed E-state index contributed by atoms with van der Waals surface area (Å²) in [5.41, 5.74) is 1.17. The average Bonchev–Trinajstić information content (AvgIpc) is 3.18. The van der Waals surface area contributed by atoms with E-state index in [-0.39, 0.29) is 17.7 Å². The van der Waals surface area contributed by atoms with E-state index in [9.17, 15) is 9.59 Å². The van der Waals surface area contributed by atoms with Crippen molar-refractivity contribution in [3.05, 3.63) is 10.6 Å². The minimum Gasteiger partial charge on any atom is -0.342 e. The maximum Gasteiger partial charge on any atom is 0.229 e. The van der Waals surface area contributed by atoms with Gasteiger partial charge in [-0.25, -0.2) is 4.98 Å². The van der Waals surface area contributed by atoms with E-state index in [1.54, 1.807) is 11.3 Å². The molecule has 0 bridgehead atoms. The molecule has 1 aliphatic heterocycles. The molecule has 5 nitrogen and oxygen atoms in total. The maximum atomic E-state index is 12.4. The lowest BCUT2D eigenvalue weighted by atomic mass is 9.95. The minimum atomic E-state index is 0.0157. The fourth-order valence-electron chi connectivity index (χ4n) is 3.40. The highest BCUT2D eigenvalue weighted by Gasteiger charge is 2.36. The quantitative estimate of drug-likeness (QED) is 0.929. The van der Waals surface area contributed by atoms with Crippen molar-refractivity contribution in [3.8, 4) is 0 Å². The first-order valence-electron chi connectivity index (χ1n) is 8.29. The zero-order chi connectivity index (χ0) is 15.1. The number of aromatic nitrogens is 1. The van der Waals surface area contributed by atoms with Crippen LogP contribution in [-0.2, 0) is 22.4 Å². The Kier molecular flexibility index (Phi) is 3.64. The molecule has 4 rings (SSSR count). The number of hydrogen-bond donors (Lipinski definition) is 1. The maximum absolute atomic E-state index is 12.4. The summed E-state index contributed by atoms with van der Waals surface area (Å²) in [7, 11) is 0. The molecule has 0 unspecified atom stereocenters. The number of fused-ring (bicyclic) bond motifs is 1. The number of piperidine rings is 1. The van der Waals surface area contributed by atoms with Crippen molar-refractivity contribution in [2.45, 2.75) is 44.9 Å². The third-order valence-corrected chi connectivity index (χ3v) is 6.00. The van der Waals surface area contributed by atoms with Gasteiger partial charge in [-0.15, -0.1) is 11.3 Å². The molecule has 2 aliphatic carbocycles. The van der Waals surface area contributed by atoms with E-state index >= 15 is 0 Å². The highest BCUT2D eigenvalue weighted by molar-refractivity contribution is 7.15. The Balaban J connectivity index is 1.30. The number of nitrogens with one attached hydrogen (secondary N) is 1. The molecular formula is C16H21N3O2S. The van der Waals surface area contributed by atoms with Gasteiger partial charge in [-0.1, -0.05) is 0 Å². The molecule has 2 heterocycles. The van der Waals surface area contributed by atoms with Crippen molar-refractivity contribution < 1.29 is 9.59 Å². The van der Waals surface area contributed by atoms with Gasteiger partial charge >= 0.3 is 0 Å². The Hall–Kier alpha value is -1.43. The number of nitrogens with zero attached hydrogens (tertiary/aromatic N) is 2. The number of anilines is 1. The zero-order valence-corrected chi connectivity index (χ0v) is 13.5. The second-order valence-corrected chi connectivity index (χ2v) is 7.69. The highest BCUT2D eigenvalue weighted by Crippen LogP contribution is 2.33. The number of carbonyl (C=O) groups is 2. The molecule has 1 N–H and O–H groups in total. The summed E-state index contributed by atoms with van der Waals surface area (Å²) in [6.45, 7) is 1.45. The lowest BCUT2D eigenvalue weighted by Crippen LogP contribution is -2.42. The van der Waals surface area contributed by atoms with Gasteiger partial charge in [-0.2, -0.15) is 0 Å². The van der Waals surface area contributed by atoms with Crippen LogP contribution in [0.2, 0.25) is 0 Å². The first-order chi connectivity index (χ1) is 10.7. The van der Waals surface area contributed by atoms with E-state index in [1.165, 1.54) is 17.0 Å². The van der Waals surface area contributed by atoms with Crippen LogP contribution in [0.3, 0.4) is 0 Å². The van der Waals surface area contributed by atoms with Gasteiger partial charge in [-0.3, -0.25) is 9.59 Å². The van der Waals surface area contributed by atoms with E-state index in [0.29, 0.717) is 5.91 Å². The highest BCUT2D eigenvalue weighted by atomic mass is 32.1. The van der Waals surface area contributed by atoms with Crippen LogP contribution in [0.4, 0.5) is 5.13 Å². The molecule has 1 aromatic heterocycles. The molecule has 1 saturated carbocycles. The van der Waals surface area contributed by atoms with E-state index in [4.69, 9.17) is 0 Å². The van der Waals surface area contributed by atoms with Crippen molar-refractivity contribution in [1.82, 2.24) is 9.88 Å². The Morgan fingerprint density at radius 1 is 1.09 bits per heavy atom. The van der Waals surface area contributed by atoms with Gasteiger partial charge in [0, 0.05) is 29.8 Å². The summed E-state index contributed by atoms with van der Waals surface area (Å²) >= 11 is 1.62. The van der Waals surface area contributed by atoms with Gasteiger partial charge in [-0.05, 0) is 44.9 Å². The molecule has 118 valence electrons. The SMILES string of the molecule is O=C(Nc1nc2c(s1)CCC2)C1CCN(C(=O)C2CC2)CC1. The summed E-state index contributed by atoms with van der Waals surface area (Å²) < 4.78 is 0.